The SMILES string of the molecule is CCC(CC)NCC1CCC(C(C)(C)C)CC1. The number of rotatable bonds is 5. The van der Waals surface area contributed by atoms with Crippen molar-refractivity contribution in [1.82, 2.24) is 5.32 Å². The Labute approximate surface area is 109 Å². The Morgan fingerprint density at radius 2 is 1.53 bits per heavy atom. The smallest absolute Gasteiger partial charge is 0.00619 e. The van der Waals surface area contributed by atoms with Crippen molar-refractivity contribution in [2.75, 3.05) is 6.54 Å². The lowest BCUT2D eigenvalue weighted by molar-refractivity contribution is 0.147. The third-order valence-electron chi connectivity index (χ3n) is 4.75. The van der Waals surface area contributed by atoms with Crippen LogP contribution in [-0.4, -0.2) is 12.6 Å². The van der Waals surface area contributed by atoms with Crippen LogP contribution < -0.4 is 5.32 Å². The van der Waals surface area contributed by atoms with Gasteiger partial charge < -0.3 is 5.32 Å². The van der Waals surface area contributed by atoms with Gasteiger partial charge in [-0.2, -0.15) is 0 Å². The van der Waals surface area contributed by atoms with E-state index in [1.54, 1.807) is 0 Å². The molecule has 0 radical (unpaired) electrons. The van der Waals surface area contributed by atoms with E-state index < -0.39 is 0 Å². The minimum atomic E-state index is 0.522. The van der Waals surface area contributed by atoms with Gasteiger partial charge in [-0.05, 0) is 62.3 Å². The van der Waals surface area contributed by atoms with Gasteiger partial charge in [0, 0.05) is 6.04 Å². The molecule has 0 aromatic rings. The quantitative estimate of drug-likeness (QED) is 0.738. The number of hydrogen-bond acceptors (Lipinski definition) is 1. The molecule has 0 aromatic carbocycles. The molecule has 1 N–H and O–H groups in total. The molecule has 1 saturated carbocycles. The lowest BCUT2D eigenvalue weighted by atomic mass is 9.70. The van der Waals surface area contributed by atoms with Gasteiger partial charge in [0.05, 0.1) is 0 Å². The molecule has 1 nitrogen and oxygen atoms in total. The predicted octanol–water partition coefficient (Wildman–Crippen LogP) is 4.62. The average molecular weight is 239 g/mol. The summed E-state index contributed by atoms with van der Waals surface area (Å²) in [7, 11) is 0. The van der Waals surface area contributed by atoms with E-state index >= 15 is 0 Å². The topological polar surface area (TPSA) is 12.0 Å². The normalized spacial score (nSPS) is 26.5. The molecule has 1 aliphatic carbocycles. The van der Waals surface area contributed by atoms with Gasteiger partial charge >= 0.3 is 0 Å². The van der Waals surface area contributed by atoms with Gasteiger partial charge in [-0.25, -0.2) is 0 Å². The van der Waals surface area contributed by atoms with Crippen LogP contribution >= 0.6 is 0 Å². The van der Waals surface area contributed by atoms with Gasteiger partial charge in [-0.1, -0.05) is 34.6 Å². The Morgan fingerprint density at radius 3 is 1.94 bits per heavy atom. The van der Waals surface area contributed by atoms with E-state index in [9.17, 15) is 0 Å². The van der Waals surface area contributed by atoms with Crippen LogP contribution in [0.5, 0.6) is 0 Å². The predicted molar refractivity (Wildman–Crippen MR) is 77.3 cm³/mol. The van der Waals surface area contributed by atoms with Crippen LogP contribution in [0, 0.1) is 17.3 Å². The summed E-state index contributed by atoms with van der Waals surface area (Å²) in [6.07, 6.45) is 8.31. The second kappa shape index (κ2) is 6.78. The molecule has 1 aliphatic rings. The van der Waals surface area contributed by atoms with Crippen molar-refractivity contribution in [2.24, 2.45) is 17.3 Å². The molecule has 1 rings (SSSR count). The molecule has 1 fully saturated rings. The minimum Gasteiger partial charge on any atom is -0.314 e. The summed E-state index contributed by atoms with van der Waals surface area (Å²) < 4.78 is 0. The Bertz CT molecular complexity index is 192. The molecule has 0 saturated heterocycles. The van der Waals surface area contributed by atoms with Gasteiger partial charge in [0.1, 0.15) is 0 Å². The van der Waals surface area contributed by atoms with E-state index in [4.69, 9.17) is 0 Å². The van der Waals surface area contributed by atoms with E-state index in [1.165, 1.54) is 45.1 Å². The first-order valence-corrected chi connectivity index (χ1v) is 7.70. The molecule has 0 amide bonds. The highest BCUT2D eigenvalue weighted by atomic mass is 14.9. The van der Waals surface area contributed by atoms with Gasteiger partial charge in [0.15, 0.2) is 0 Å². The van der Waals surface area contributed by atoms with E-state index in [2.05, 4.69) is 39.9 Å². The third-order valence-corrected chi connectivity index (χ3v) is 4.75. The van der Waals surface area contributed by atoms with Crippen molar-refractivity contribution >= 4 is 0 Å². The van der Waals surface area contributed by atoms with Gasteiger partial charge in [-0.3, -0.25) is 0 Å². The zero-order valence-corrected chi connectivity index (χ0v) is 12.7. The monoisotopic (exact) mass is 239 g/mol. The van der Waals surface area contributed by atoms with Crippen molar-refractivity contribution in [3.63, 3.8) is 0 Å². The maximum absolute atomic E-state index is 3.74. The standard InChI is InChI=1S/C16H33N/c1-6-15(7-2)17-12-13-8-10-14(11-9-13)16(3,4)5/h13-15,17H,6-12H2,1-5H3. The summed E-state index contributed by atoms with van der Waals surface area (Å²) in [4.78, 5) is 0. The highest BCUT2D eigenvalue weighted by Gasteiger charge is 2.29. The van der Waals surface area contributed by atoms with Crippen molar-refractivity contribution < 1.29 is 0 Å². The van der Waals surface area contributed by atoms with Crippen LogP contribution in [-0.2, 0) is 0 Å². The minimum absolute atomic E-state index is 0.522. The first-order valence-electron chi connectivity index (χ1n) is 7.70. The number of nitrogens with one attached hydrogen (secondary N) is 1. The lowest BCUT2D eigenvalue weighted by Gasteiger charge is -2.37. The summed E-state index contributed by atoms with van der Waals surface area (Å²) in [5.74, 6) is 1.89. The average Bonchev–Trinajstić information content (AvgIpc) is 2.30. The van der Waals surface area contributed by atoms with Crippen molar-refractivity contribution in [3.05, 3.63) is 0 Å². The highest BCUT2D eigenvalue weighted by molar-refractivity contribution is 4.81. The second-order valence-electron chi connectivity index (χ2n) is 7.01. The van der Waals surface area contributed by atoms with Crippen LogP contribution in [0.1, 0.15) is 73.1 Å². The fourth-order valence-electron chi connectivity index (χ4n) is 3.14. The largest absolute Gasteiger partial charge is 0.314 e. The molecule has 102 valence electrons. The van der Waals surface area contributed by atoms with Gasteiger partial charge in [0.2, 0.25) is 0 Å². The highest BCUT2D eigenvalue weighted by Crippen LogP contribution is 2.39. The zero-order chi connectivity index (χ0) is 12.9. The maximum atomic E-state index is 3.74. The Kier molecular flexibility index (Phi) is 5.99. The van der Waals surface area contributed by atoms with Crippen molar-refractivity contribution in [2.45, 2.75) is 79.2 Å². The van der Waals surface area contributed by atoms with Crippen LogP contribution in [0.25, 0.3) is 0 Å². The molecule has 0 heterocycles. The molecule has 0 spiro atoms. The van der Waals surface area contributed by atoms with E-state index in [0.29, 0.717) is 5.41 Å². The summed E-state index contributed by atoms with van der Waals surface area (Å²) >= 11 is 0. The Balaban J connectivity index is 2.23. The fourth-order valence-corrected chi connectivity index (χ4v) is 3.14. The molecule has 0 unspecified atom stereocenters. The molecule has 0 atom stereocenters. The fraction of sp³-hybridized carbons (Fsp3) is 1.00. The first kappa shape index (κ1) is 15.0. The molecule has 17 heavy (non-hydrogen) atoms. The Morgan fingerprint density at radius 1 is 1.00 bits per heavy atom. The maximum Gasteiger partial charge on any atom is 0.00619 e. The van der Waals surface area contributed by atoms with Crippen LogP contribution in [0.2, 0.25) is 0 Å². The molecule has 0 bridgehead atoms. The van der Waals surface area contributed by atoms with Crippen LogP contribution in [0.4, 0.5) is 0 Å². The molecule has 0 aromatic heterocycles. The van der Waals surface area contributed by atoms with Gasteiger partial charge in [-0.15, -0.1) is 0 Å². The molecular formula is C16H33N. The summed E-state index contributed by atoms with van der Waals surface area (Å²) in [5, 5.41) is 3.74. The van der Waals surface area contributed by atoms with Crippen LogP contribution in [0.15, 0.2) is 0 Å². The van der Waals surface area contributed by atoms with Crippen molar-refractivity contribution in [3.8, 4) is 0 Å². The molecule has 1 heteroatoms. The van der Waals surface area contributed by atoms with Crippen LogP contribution in [0.3, 0.4) is 0 Å². The summed E-state index contributed by atoms with van der Waals surface area (Å²) in [6, 6.07) is 0.746. The van der Waals surface area contributed by atoms with Crippen molar-refractivity contribution in [1.29, 1.82) is 0 Å². The van der Waals surface area contributed by atoms with E-state index in [0.717, 1.165) is 17.9 Å². The van der Waals surface area contributed by atoms with E-state index in [-0.39, 0.29) is 0 Å². The summed E-state index contributed by atoms with van der Waals surface area (Å²) in [5.41, 5.74) is 0.522. The zero-order valence-electron chi connectivity index (χ0n) is 12.7. The summed E-state index contributed by atoms with van der Waals surface area (Å²) in [6.45, 7) is 13.0. The third kappa shape index (κ3) is 4.99. The molecule has 0 aliphatic heterocycles. The Hall–Kier alpha value is -0.0400. The van der Waals surface area contributed by atoms with Gasteiger partial charge in [0.25, 0.3) is 0 Å². The second-order valence-corrected chi connectivity index (χ2v) is 7.01. The van der Waals surface area contributed by atoms with E-state index in [1.807, 2.05) is 0 Å². The lowest BCUT2D eigenvalue weighted by Crippen LogP contribution is -2.35. The first-order chi connectivity index (χ1) is 7.97. The molecular weight excluding hydrogens is 206 g/mol. The number of hydrogen-bond donors (Lipinski definition) is 1.